The molecule has 0 aromatic carbocycles. The van der Waals surface area contributed by atoms with Crippen LogP contribution in [0.1, 0.15) is 34.1 Å². The molecule has 1 aliphatic heterocycles. The third-order valence-electron chi connectivity index (χ3n) is 2.91. The Morgan fingerprint density at radius 1 is 1.25 bits per heavy atom. The first kappa shape index (κ1) is 10.0. The van der Waals surface area contributed by atoms with Gasteiger partial charge in [0.15, 0.2) is 0 Å². The molecule has 0 aromatic heterocycles. The van der Waals surface area contributed by atoms with Crippen LogP contribution in [0.25, 0.3) is 0 Å². The third-order valence-corrected chi connectivity index (χ3v) is 2.91. The van der Waals surface area contributed by atoms with Crippen molar-refractivity contribution in [1.29, 1.82) is 0 Å². The van der Waals surface area contributed by atoms with Crippen LogP contribution in [0.2, 0.25) is 0 Å². The predicted octanol–water partition coefficient (Wildman–Crippen LogP) is 1.80. The fraction of sp³-hybridized carbons (Fsp3) is 1.00. The fourth-order valence-corrected chi connectivity index (χ4v) is 1.72. The van der Waals surface area contributed by atoms with Gasteiger partial charge in [0.05, 0.1) is 12.7 Å². The van der Waals surface area contributed by atoms with E-state index < -0.39 is 0 Å². The molecule has 0 radical (unpaired) electrons. The molecule has 1 saturated heterocycles. The van der Waals surface area contributed by atoms with Crippen LogP contribution in [0.15, 0.2) is 0 Å². The lowest BCUT2D eigenvalue weighted by Crippen LogP contribution is -2.41. The topological polar surface area (TPSA) is 21.3 Å². The molecule has 1 N–H and O–H groups in total. The van der Waals surface area contributed by atoms with Crippen LogP contribution in [0.4, 0.5) is 0 Å². The van der Waals surface area contributed by atoms with Gasteiger partial charge in [0.2, 0.25) is 0 Å². The Labute approximate surface area is 75.7 Å². The first-order valence-corrected chi connectivity index (χ1v) is 5.02. The molecule has 0 amide bonds. The van der Waals surface area contributed by atoms with Crippen molar-refractivity contribution in [2.75, 3.05) is 6.61 Å². The maximum absolute atomic E-state index is 5.78. The minimum Gasteiger partial charge on any atom is -0.376 e. The standard InChI is InChI=1S/C10H21NO/c1-5-10-9(4)11-8(3)7(2)6-12-10/h7-11H,5-6H2,1-4H3. The van der Waals surface area contributed by atoms with Gasteiger partial charge in [0.1, 0.15) is 0 Å². The van der Waals surface area contributed by atoms with Crippen LogP contribution in [-0.4, -0.2) is 24.8 Å². The van der Waals surface area contributed by atoms with E-state index in [4.69, 9.17) is 4.74 Å². The van der Waals surface area contributed by atoms with Gasteiger partial charge in [-0.15, -0.1) is 0 Å². The average molecular weight is 171 g/mol. The van der Waals surface area contributed by atoms with Crippen molar-refractivity contribution in [3.63, 3.8) is 0 Å². The molecule has 1 heterocycles. The highest BCUT2D eigenvalue weighted by Gasteiger charge is 2.25. The smallest absolute Gasteiger partial charge is 0.0722 e. The summed E-state index contributed by atoms with van der Waals surface area (Å²) in [6.45, 7) is 9.77. The van der Waals surface area contributed by atoms with Crippen molar-refractivity contribution in [3.05, 3.63) is 0 Å². The molecule has 0 bridgehead atoms. The summed E-state index contributed by atoms with van der Waals surface area (Å²) in [6.07, 6.45) is 1.51. The molecule has 72 valence electrons. The average Bonchev–Trinajstić information content (AvgIpc) is 2.14. The van der Waals surface area contributed by atoms with Gasteiger partial charge < -0.3 is 10.1 Å². The molecule has 12 heavy (non-hydrogen) atoms. The van der Waals surface area contributed by atoms with Gasteiger partial charge in [0.25, 0.3) is 0 Å². The predicted molar refractivity (Wildman–Crippen MR) is 51.3 cm³/mol. The minimum absolute atomic E-state index is 0.400. The van der Waals surface area contributed by atoms with Crippen LogP contribution in [0.3, 0.4) is 0 Å². The molecule has 4 unspecified atom stereocenters. The van der Waals surface area contributed by atoms with Gasteiger partial charge in [-0.3, -0.25) is 0 Å². The van der Waals surface area contributed by atoms with E-state index in [1.165, 1.54) is 0 Å². The first-order valence-electron chi connectivity index (χ1n) is 5.02. The molecule has 0 aromatic rings. The Morgan fingerprint density at radius 2 is 1.92 bits per heavy atom. The summed E-state index contributed by atoms with van der Waals surface area (Å²) in [4.78, 5) is 0. The zero-order valence-corrected chi connectivity index (χ0v) is 8.63. The van der Waals surface area contributed by atoms with E-state index in [0.717, 1.165) is 13.0 Å². The second-order valence-corrected chi connectivity index (χ2v) is 4.00. The summed E-state index contributed by atoms with van der Waals surface area (Å²) in [5, 5.41) is 3.57. The SMILES string of the molecule is CCC1OCC(C)C(C)NC1C. The molecular formula is C10H21NO. The number of nitrogens with one attached hydrogen (secondary N) is 1. The Kier molecular flexibility index (Phi) is 3.53. The second-order valence-electron chi connectivity index (χ2n) is 4.00. The van der Waals surface area contributed by atoms with Crippen LogP contribution in [0.5, 0.6) is 0 Å². The van der Waals surface area contributed by atoms with Crippen LogP contribution >= 0.6 is 0 Å². The van der Waals surface area contributed by atoms with E-state index in [9.17, 15) is 0 Å². The fourth-order valence-electron chi connectivity index (χ4n) is 1.72. The highest BCUT2D eigenvalue weighted by Crippen LogP contribution is 2.15. The highest BCUT2D eigenvalue weighted by molar-refractivity contribution is 4.81. The van der Waals surface area contributed by atoms with Crippen molar-refractivity contribution >= 4 is 0 Å². The molecule has 0 aliphatic carbocycles. The van der Waals surface area contributed by atoms with Crippen molar-refractivity contribution < 1.29 is 4.74 Å². The number of rotatable bonds is 1. The van der Waals surface area contributed by atoms with Gasteiger partial charge in [-0.05, 0) is 26.2 Å². The summed E-state index contributed by atoms with van der Waals surface area (Å²) in [7, 11) is 0. The van der Waals surface area contributed by atoms with Gasteiger partial charge in [-0.25, -0.2) is 0 Å². The molecule has 1 rings (SSSR count). The minimum atomic E-state index is 0.400. The Bertz CT molecular complexity index is 138. The van der Waals surface area contributed by atoms with Gasteiger partial charge >= 0.3 is 0 Å². The summed E-state index contributed by atoms with van der Waals surface area (Å²) in [6, 6.07) is 1.08. The molecular weight excluding hydrogens is 150 g/mol. The van der Waals surface area contributed by atoms with E-state index in [0.29, 0.717) is 24.1 Å². The Hall–Kier alpha value is -0.0800. The van der Waals surface area contributed by atoms with E-state index in [2.05, 4.69) is 33.0 Å². The van der Waals surface area contributed by atoms with Crippen LogP contribution in [-0.2, 0) is 4.74 Å². The van der Waals surface area contributed by atoms with Gasteiger partial charge in [0, 0.05) is 12.1 Å². The van der Waals surface area contributed by atoms with Crippen molar-refractivity contribution in [2.45, 2.75) is 52.3 Å². The van der Waals surface area contributed by atoms with E-state index in [-0.39, 0.29) is 0 Å². The zero-order chi connectivity index (χ0) is 9.14. The molecule has 0 saturated carbocycles. The molecule has 1 fully saturated rings. The second kappa shape index (κ2) is 4.24. The zero-order valence-electron chi connectivity index (χ0n) is 8.63. The summed E-state index contributed by atoms with van der Waals surface area (Å²) in [5.74, 6) is 0.629. The number of hydrogen-bond donors (Lipinski definition) is 1. The van der Waals surface area contributed by atoms with Crippen LogP contribution in [0, 0.1) is 5.92 Å². The lowest BCUT2D eigenvalue weighted by Gasteiger charge is -2.22. The van der Waals surface area contributed by atoms with Crippen molar-refractivity contribution in [2.24, 2.45) is 5.92 Å². The Balaban J connectivity index is 2.53. The first-order chi connectivity index (χ1) is 5.65. The molecule has 0 spiro atoms. The van der Waals surface area contributed by atoms with Gasteiger partial charge in [-0.1, -0.05) is 13.8 Å². The lowest BCUT2D eigenvalue weighted by atomic mass is 10.0. The maximum atomic E-state index is 5.78. The molecule has 2 nitrogen and oxygen atoms in total. The summed E-state index contributed by atoms with van der Waals surface area (Å²) < 4.78 is 5.78. The van der Waals surface area contributed by atoms with E-state index in [1.54, 1.807) is 0 Å². The van der Waals surface area contributed by atoms with E-state index in [1.807, 2.05) is 0 Å². The van der Waals surface area contributed by atoms with Crippen molar-refractivity contribution in [3.8, 4) is 0 Å². The highest BCUT2D eigenvalue weighted by atomic mass is 16.5. The maximum Gasteiger partial charge on any atom is 0.0722 e. The van der Waals surface area contributed by atoms with E-state index >= 15 is 0 Å². The van der Waals surface area contributed by atoms with Crippen molar-refractivity contribution in [1.82, 2.24) is 5.32 Å². The number of hydrogen-bond acceptors (Lipinski definition) is 2. The third kappa shape index (κ3) is 2.20. The summed E-state index contributed by atoms with van der Waals surface area (Å²) in [5.41, 5.74) is 0. The quantitative estimate of drug-likeness (QED) is 0.649. The van der Waals surface area contributed by atoms with Gasteiger partial charge in [-0.2, -0.15) is 0 Å². The monoisotopic (exact) mass is 171 g/mol. The largest absolute Gasteiger partial charge is 0.376 e. The summed E-state index contributed by atoms with van der Waals surface area (Å²) >= 11 is 0. The van der Waals surface area contributed by atoms with Crippen LogP contribution < -0.4 is 5.32 Å². The Morgan fingerprint density at radius 3 is 2.50 bits per heavy atom. The number of ether oxygens (including phenoxy) is 1. The molecule has 4 atom stereocenters. The normalized spacial score (nSPS) is 44.0. The molecule has 1 aliphatic rings. The lowest BCUT2D eigenvalue weighted by molar-refractivity contribution is 0.0318. The molecule has 2 heteroatoms.